The highest BCUT2D eigenvalue weighted by molar-refractivity contribution is 9.10. The smallest absolute Gasteiger partial charge is 0.263 e. The summed E-state index contributed by atoms with van der Waals surface area (Å²) in [5.74, 6) is 0.279. The maximum atomic E-state index is 12.2. The highest BCUT2D eigenvalue weighted by Gasteiger charge is 2.16. The molecule has 4 N–H and O–H groups in total. The van der Waals surface area contributed by atoms with Crippen LogP contribution >= 0.6 is 15.9 Å². The van der Waals surface area contributed by atoms with Crippen LogP contribution in [0.15, 0.2) is 33.6 Å². The number of aromatic nitrogens is 2. The van der Waals surface area contributed by atoms with Crippen molar-refractivity contribution in [3.63, 3.8) is 0 Å². The fourth-order valence-corrected chi connectivity index (χ4v) is 3.23. The van der Waals surface area contributed by atoms with Crippen LogP contribution in [0, 0.1) is 0 Å². The van der Waals surface area contributed by atoms with Crippen LogP contribution in [0.5, 0.6) is 0 Å². The Hall–Kier alpha value is -1.54. The highest BCUT2D eigenvalue weighted by atomic mass is 79.9. The maximum Gasteiger partial charge on any atom is 0.263 e. The van der Waals surface area contributed by atoms with Crippen LogP contribution in [0.4, 0.5) is 11.5 Å². The van der Waals surface area contributed by atoms with Gasteiger partial charge in [0.15, 0.2) is 5.82 Å². The standard InChI is InChI=1S/C12H15BrN4O2S/c1-2-3-8-6-12(16-15-8)17-20(18,19)9-4-5-11(14)10(13)7-9/h4-7H,2-3,14H2,1H3,(H2,15,16,17). The first-order valence-electron chi connectivity index (χ1n) is 6.04. The Morgan fingerprint density at radius 3 is 2.80 bits per heavy atom. The molecule has 0 radical (unpaired) electrons. The summed E-state index contributed by atoms with van der Waals surface area (Å²) in [5, 5.41) is 6.73. The number of benzene rings is 1. The van der Waals surface area contributed by atoms with Gasteiger partial charge in [0.2, 0.25) is 0 Å². The van der Waals surface area contributed by atoms with Crippen LogP contribution in [0.2, 0.25) is 0 Å². The average Bonchev–Trinajstić information content (AvgIpc) is 2.79. The van der Waals surface area contributed by atoms with Crippen molar-refractivity contribution in [2.75, 3.05) is 10.5 Å². The normalized spacial score (nSPS) is 11.5. The van der Waals surface area contributed by atoms with Gasteiger partial charge in [-0.05, 0) is 40.5 Å². The molecule has 0 spiro atoms. The Morgan fingerprint density at radius 2 is 2.15 bits per heavy atom. The van der Waals surface area contributed by atoms with Crippen molar-refractivity contribution in [3.8, 4) is 0 Å². The minimum atomic E-state index is -3.67. The van der Waals surface area contributed by atoms with Crippen molar-refractivity contribution in [2.45, 2.75) is 24.7 Å². The average molecular weight is 359 g/mol. The van der Waals surface area contributed by atoms with Crippen molar-refractivity contribution >= 4 is 37.5 Å². The van der Waals surface area contributed by atoms with E-state index in [1.807, 2.05) is 6.92 Å². The predicted molar refractivity (Wildman–Crippen MR) is 81.9 cm³/mol. The zero-order valence-electron chi connectivity index (χ0n) is 10.9. The minimum absolute atomic E-state index is 0.124. The lowest BCUT2D eigenvalue weighted by atomic mass is 10.2. The number of halogens is 1. The molecule has 0 aliphatic heterocycles. The molecule has 2 rings (SSSR count). The van der Waals surface area contributed by atoms with Crippen molar-refractivity contribution in [2.24, 2.45) is 0 Å². The van der Waals surface area contributed by atoms with Gasteiger partial charge in [-0.3, -0.25) is 9.82 Å². The van der Waals surface area contributed by atoms with E-state index in [1.54, 1.807) is 6.07 Å². The van der Waals surface area contributed by atoms with Crippen molar-refractivity contribution in [1.29, 1.82) is 0 Å². The van der Waals surface area contributed by atoms with Crippen LogP contribution in [-0.4, -0.2) is 18.6 Å². The third kappa shape index (κ3) is 3.31. The second-order valence-electron chi connectivity index (χ2n) is 4.32. The molecule has 1 aromatic carbocycles. The van der Waals surface area contributed by atoms with Gasteiger partial charge in [0.1, 0.15) is 0 Å². The maximum absolute atomic E-state index is 12.2. The number of sulfonamides is 1. The van der Waals surface area contributed by atoms with Crippen LogP contribution < -0.4 is 10.5 Å². The summed E-state index contributed by atoms with van der Waals surface area (Å²) >= 11 is 3.21. The number of nitrogens with two attached hydrogens (primary N) is 1. The number of nitrogens with one attached hydrogen (secondary N) is 2. The predicted octanol–water partition coefficient (Wildman–Crippen LogP) is 2.51. The van der Waals surface area contributed by atoms with E-state index in [0.717, 1.165) is 18.5 Å². The molecule has 2 aromatic rings. The van der Waals surface area contributed by atoms with Crippen molar-refractivity contribution in [3.05, 3.63) is 34.4 Å². The molecular formula is C12H15BrN4O2S. The van der Waals surface area contributed by atoms with Crippen molar-refractivity contribution in [1.82, 2.24) is 10.2 Å². The molecule has 0 unspecified atom stereocenters. The second-order valence-corrected chi connectivity index (χ2v) is 6.85. The Bertz CT molecular complexity index is 712. The number of H-pyrrole nitrogens is 1. The topological polar surface area (TPSA) is 101 Å². The molecular weight excluding hydrogens is 344 g/mol. The van der Waals surface area contributed by atoms with Crippen LogP contribution in [0.1, 0.15) is 19.0 Å². The molecule has 0 saturated carbocycles. The Labute approximate surface area is 125 Å². The van der Waals surface area contributed by atoms with Gasteiger partial charge in [-0.25, -0.2) is 8.42 Å². The molecule has 0 bridgehead atoms. The van der Waals surface area contributed by atoms with E-state index in [9.17, 15) is 8.42 Å². The molecule has 0 amide bonds. The fourth-order valence-electron chi connectivity index (χ4n) is 1.68. The molecule has 1 heterocycles. The number of nitrogen functional groups attached to an aromatic ring is 1. The second kappa shape index (κ2) is 5.84. The quantitative estimate of drug-likeness (QED) is 0.714. The molecule has 20 heavy (non-hydrogen) atoms. The molecule has 0 aliphatic rings. The minimum Gasteiger partial charge on any atom is -0.398 e. The SMILES string of the molecule is CCCc1cc(NS(=O)(=O)c2ccc(N)c(Br)c2)n[nH]1. The number of nitrogens with zero attached hydrogens (tertiary/aromatic N) is 1. The third-order valence-corrected chi connectivity index (χ3v) is 4.71. The van der Waals surface area contributed by atoms with Crippen LogP contribution in [-0.2, 0) is 16.4 Å². The van der Waals surface area contributed by atoms with E-state index in [4.69, 9.17) is 5.73 Å². The first kappa shape index (κ1) is 14.9. The van der Waals surface area contributed by atoms with E-state index in [0.29, 0.717) is 10.2 Å². The van der Waals surface area contributed by atoms with Gasteiger partial charge in [0.05, 0.1) is 4.90 Å². The summed E-state index contributed by atoms with van der Waals surface area (Å²) in [7, 11) is -3.67. The van der Waals surface area contributed by atoms with E-state index >= 15 is 0 Å². The Balaban J connectivity index is 2.23. The zero-order valence-corrected chi connectivity index (χ0v) is 13.3. The molecule has 0 fully saturated rings. The molecule has 1 aromatic heterocycles. The zero-order chi connectivity index (χ0) is 14.8. The highest BCUT2D eigenvalue weighted by Crippen LogP contribution is 2.24. The molecule has 0 aliphatic carbocycles. The van der Waals surface area contributed by atoms with E-state index in [-0.39, 0.29) is 10.7 Å². The summed E-state index contributed by atoms with van der Waals surface area (Å²) in [6, 6.07) is 6.12. The van der Waals surface area contributed by atoms with Crippen LogP contribution in [0.25, 0.3) is 0 Å². The lowest BCUT2D eigenvalue weighted by Gasteiger charge is -2.06. The molecule has 0 saturated heterocycles. The first-order chi connectivity index (χ1) is 9.42. The Kier molecular flexibility index (Phi) is 4.34. The molecule has 8 heteroatoms. The van der Waals surface area contributed by atoms with Gasteiger partial charge >= 0.3 is 0 Å². The van der Waals surface area contributed by atoms with E-state index in [2.05, 4.69) is 30.8 Å². The lowest BCUT2D eigenvalue weighted by Crippen LogP contribution is -2.13. The van der Waals surface area contributed by atoms with Gasteiger partial charge in [-0.2, -0.15) is 5.10 Å². The largest absolute Gasteiger partial charge is 0.398 e. The molecule has 108 valence electrons. The molecule has 6 nitrogen and oxygen atoms in total. The van der Waals surface area contributed by atoms with Crippen molar-refractivity contribution < 1.29 is 8.42 Å². The fraction of sp³-hybridized carbons (Fsp3) is 0.250. The number of aryl methyl sites for hydroxylation is 1. The Morgan fingerprint density at radius 1 is 1.40 bits per heavy atom. The summed E-state index contributed by atoms with van der Waals surface area (Å²) in [6.45, 7) is 2.04. The van der Waals surface area contributed by atoms with Gasteiger partial charge in [-0.1, -0.05) is 13.3 Å². The summed E-state index contributed by atoms with van der Waals surface area (Å²) < 4.78 is 27.4. The monoisotopic (exact) mass is 358 g/mol. The van der Waals surface area contributed by atoms with Crippen LogP contribution in [0.3, 0.4) is 0 Å². The lowest BCUT2D eigenvalue weighted by molar-refractivity contribution is 0.601. The molecule has 0 atom stereocenters. The third-order valence-electron chi connectivity index (χ3n) is 2.67. The summed E-state index contributed by atoms with van der Waals surface area (Å²) in [5.41, 5.74) is 7.01. The van der Waals surface area contributed by atoms with E-state index in [1.165, 1.54) is 18.2 Å². The number of anilines is 2. The first-order valence-corrected chi connectivity index (χ1v) is 8.32. The summed E-state index contributed by atoms with van der Waals surface area (Å²) in [4.78, 5) is 0.124. The number of rotatable bonds is 5. The number of aromatic amines is 1. The number of hydrogen-bond donors (Lipinski definition) is 3. The van der Waals surface area contributed by atoms with Gasteiger partial charge in [0.25, 0.3) is 10.0 Å². The van der Waals surface area contributed by atoms with Gasteiger partial charge in [-0.15, -0.1) is 0 Å². The summed E-state index contributed by atoms with van der Waals surface area (Å²) in [6.07, 6.45) is 1.78. The van der Waals surface area contributed by atoms with E-state index < -0.39 is 10.0 Å². The number of hydrogen-bond acceptors (Lipinski definition) is 4. The van der Waals surface area contributed by atoms with Gasteiger partial charge in [0, 0.05) is 21.9 Å². The van der Waals surface area contributed by atoms with Gasteiger partial charge < -0.3 is 5.73 Å².